The van der Waals surface area contributed by atoms with E-state index in [0.29, 0.717) is 10.6 Å². The SMILES string of the molecule is Nc1c(C(=O)N2c3ccccc3Sc3ccccc32)sc2ncccc12. The van der Waals surface area contributed by atoms with Crippen LogP contribution in [0.2, 0.25) is 0 Å². The predicted octanol–water partition coefficient (Wildman–Crippen LogP) is 5.32. The summed E-state index contributed by atoms with van der Waals surface area (Å²) in [7, 11) is 0. The van der Waals surface area contributed by atoms with Crippen LogP contribution in [0, 0.1) is 0 Å². The molecular weight excluding hydrogens is 362 g/mol. The second-order valence-electron chi connectivity index (χ2n) is 5.88. The Bertz CT molecular complexity index is 1120. The van der Waals surface area contributed by atoms with Gasteiger partial charge in [0.15, 0.2) is 0 Å². The molecule has 1 amide bonds. The molecular formula is C20H13N3OS2. The summed E-state index contributed by atoms with van der Waals surface area (Å²) >= 11 is 3.01. The molecule has 0 fully saturated rings. The predicted molar refractivity (Wildman–Crippen MR) is 108 cm³/mol. The van der Waals surface area contributed by atoms with E-state index in [1.807, 2.05) is 60.7 Å². The first kappa shape index (κ1) is 15.4. The Labute approximate surface area is 158 Å². The van der Waals surface area contributed by atoms with Crippen molar-refractivity contribution in [3.05, 3.63) is 71.7 Å². The number of aromatic nitrogens is 1. The van der Waals surface area contributed by atoms with Crippen molar-refractivity contribution in [2.24, 2.45) is 0 Å². The molecule has 4 aromatic rings. The van der Waals surface area contributed by atoms with E-state index in [9.17, 15) is 4.79 Å². The molecule has 0 radical (unpaired) electrons. The maximum absolute atomic E-state index is 13.5. The van der Waals surface area contributed by atoms with E-state index < -0.39 is 0 Å². The quantitative estimate of drug-likeness (QED) is 0.489. The van der Waals surface area contributed by atoms with Crippen molar-refractivity contribution in [3.63, 3.8) is 0 Å². The number of anilines is 3. The largest absolute Gasteiger partial charge is 0.397 e. The van der Waals surface area contributed by atoms with Gasteiger partial charge in [0, 0.05) is 21.4 Å². The van der Waals surface area contributed by atoms with Gasteiger partial charge in [-0.3, -0.25) is 9.69 Å². The Morgan fingerprint density at radius 2 is 1.58 bits per heavy atom. The molecule has 2 aromatic carbocycles. The van der Waals surface area contributed by atoms with Crippen molar-refractivity contribution in [2.75, 3.05) is 10.6 Å². The monoisotopic (exact) mass is 375 g/mol. The van der Waals surface area contributed by atoms with E-state index in [2.05, 4.69) is 4.98 Å². The highest BCUT2D eigenvalue weighted by molar-refractivity contribution is 7.99. The van der Waals surface area contributed by atoms with Crippen LogP contribution in [0.3, 0.4) is 0 Å². The van der Waals surface area contributed by atoms with E-state index in [1.54, 1.807) is 22.9 Å². The smallest absolute Gasteiger partial charge is 0.275 e. The van der Waals surface area contributed by atoms with E-state index in [1.165, 1.54) is 11.3 Å². The van der Waals surface area contributed by atoms with Crippen LogP contribution >= 0.6 is 23.1 Å². The molecule has 0 unspecified atom stereocenters. The van der Waals surface area contributed by atoms with Crippen LogP contribution in [0.5, 0.6) is 0 Å². The molecule has 0 spiro atoms. The van der Waals surface area contributed by atoms with Gasteiger partial charge in [-0.25, -0.2) is 4.98 Å². The lowest BCUT2D eigenvalue weighted by atomic mass is 10.2. The lowest BCUT2D eigenvalue weighted by molar-refractivity contribution is 0.100. The van der Waals surface area contributed by atoms with E-state index in [-0.39, 0.29) is 5.91 Å². The average molecular weight is 375 g/mol. The van der Waals surface area contributed by atoms with Crippen LogP contribution in [0.1, 0.15) is 9.67 Å². The van der Waals surface area contributed by atoms with Gasteiger partial charge in [-0.1, -0.05) is 36.0 Å². The maximum atomic E-state index is 13.5. The zero-order valence-corrected chi connectivity index (χ0v) is 15.2. The van der Waals surface area contributed by atoms with Gasteiger partial charge >= 0.3 is 0 Å². The van der Waals surface area contributed by atoms with Crippen LogP contribution in [0.25, 0.3) is 10.2 Å². The molecule has 2 N–H and O–H groups in total. The number of benzene rings is 2. The number of fused-ring (bicyclic) bond motifs is 3. The van der Waals surface area contributed by atoms with Crippen LogP contribution in [-0.4, -0.2) is 10.9 Å². The highest BCUT2D eigenvalue weighted by atomic mass is 32.2. The zero-order chi connectivity index (χ0) is 17.7. The summed E-state index contributed by atoms with van der Waals surface area (Å²) in [6, 6.07) is 19.6. The van der Waals surface area contributed by atoms with E-state index in [0.717, 1.165) is 31.4 Å². The van der Waals surface area contributed by atoms with Crippen LogP contribution < -0.4 is 10.6 Å². The summed E-state index contributed by atoms with van der Waals surface area (Å²) in [5, 5.41) is 0.828. The summed E-state index contributed by atoms with van der Waals surface area (Å²) in [4.78, 5) is 23.1. The fourth-order valence-electron chi connectivity index (χ4n) is 3.13. The third-order valence-electron chi connectivity index (χ3n) is 4.33. The van der Waals surface area contributed by atoms with Gasteiger partial charge in [0.2, 0.25) is 0 Å². The fourth-order valence-corrected chi connectivity index (χ4v) is 5.19. The normalized spacial score (nSPS) is 12.7. The first-order valence-electron chi connectivity index (χ1n) is 8.07. The van der Waals surface area contributed by atoms with Crippen LogP contribution in [0.15, 0.2) is 76.7 Å². The number of nitrogens with two attached hydrogens (primary N) is 1. The van der Waals surface area contributed by atoms with Gasteiger partial charge < -0.3 is 5.73 Å². The van der Waals surface area contributed by atoms with Crippen molar-refractivity contribution < 1.29 is 4.79 Å². The number of pyridine rings is 1. The van der Waals surface area contributed by atoms with Gasteiger partial charge in [0.25, 0.3) is 5.91 Å². The molecule has 0 aliphatic carbocycles. The molecule has 0 bridgehead atoms. The fraction of sp³-hybridized carbons (Fsp3) is 0. The molecule has 0 saturated heterocycles. The Morgan fingerprint density at radius 1 is 0.923 bits per heavy atom. The van der Waals surface area contributed by atoms with Crippen molar-refractivity contribution >= 4 is 56.3 Å². The maximum Gasteiger partial charge on any atom is 0.275 e. The summed E-state index contributed by atoms with van der Waals surface area (Å²) in [5.41, 5.74) is 8.56. The molecule has 26 heavy (non-hydrogen) atoms. The molecule has 0 saturated carbocycles. The molecule has 6 heteroatoms. The average Bonchev–Trinajstić information content (AvgIpc) is 3.02. The molecule has 126 valence electrons. The number of thiophene rings is 1. The molecule has 0 atom stereocenters. The number of nitrogens with zero attached hydrogens (tertiary/aromatic N) is 2. The molecule has 2 aromatic heterocycles. The molecule has 1 aliphatic rings. The number of para-hydroxylation sites is 2. The number of carbonyl (C=O) groups excluding carboxylic acids is 1. The van der Waals surface area contributed by atoms with Gasteiger partial charge in [-0.2, -0.15) is 0 Å². The number of carbonyl (C=O) groups is 1. The molecule has 3 heterocycles. The molecule has 1 aliphatic heterocycles. The lowest BCUT2D eigenvalue weighted by Gasteiger charge is -2.30. The second-order valence-corrected chi connectivity index (χ2v) is 7.96. The molecule has 4 nitrogen and oxygen atoms in total. The minimum atomic E-state index is -0.120. The summed E-state index contributed by atoms with van der Waals surface area (Å²) in [5.74, 6) is -0.120. The van der Waals surface area contributed by atoms with E-state index >= 15 is 0 Å². The minimum Gasteiger partial charge on any atom is -0.397 e. The van der Waals surface area contributed by atoms with Crippen molar-refractivity contribution in [3.8, 4) is 0 Å². The first-order valence-corrected chi connectivity index (χ1v) is 9.70. The highest BCUT2D eigenvalue weighted by Gasteiger charge is 2.31. The number of nitrogen functional groups attached to an aromatic ring is 1. The van der Waals surface area contributed by atoms with Crippen molar-refractivity contribution in [1.82, 2.24) is 4.98 Å². The second kappa shape index (κ2) is 5.86. The van der Waals surface area contributed by atoms with Gasteiger partial charge in [-0.05, 0) is 36.4 Å². The summed E-state index contributed by atoms with van der Waals surface area (Å²) < 4.78 is 0. The minimum absolute atomic E-state index is 0.120. The Kier molecular flexibility index (Phi) is 3.48. The van der Waals surface area contributed by atoms with Crippen LogP contribution in [0.4, 0.5) is 17.1 Å². The van der Waals surface area contributed by atoms with E-state index in [4.69, 9.17) is 5.73 Å². The summed E-state index contributed by atoms with van der Waals surface area (Å²) in [6.45, 7) is 0. The lowest BCUT2D eigenvalue weighted by Crippen LogP contribution is -2.28. The number of hydrogen-bond donors (Lipinski definition) is 1. The third-order valence-corrected chi connectivity index (χ3v) is 6.58. The summed E-state index contributed by atoms with van der Waals surface area (Å²) in [6.07, 6.45) is 1.72. The Balaban J connectivity index is 1.72. The number of rotatable bonds is 1. The Morgan fingerprint density at radius 3 is 2.23 bits per heavy atom. The van der Waals surface area contributed by atoms with Crippen molar-refractivity contribution in [2.45, 2.75) is 9.79 Å². The Hall–Kier alpha value is -2.83. The molecule has 5 rings (SSSR count). The van der Waals surface area contributed by atoms with Gasteiger partial charge in [0.1, 0.15) is 9.71 Å². The zero-order valence-electron chi connectivity index (χ0n) is 13.5. The van der Waals surface area contributed by atoms with Gasteiger partial charge in [-0.15, -0.1) is 11.3 Å². The first-order chi connectivity index (χ1) is 12.7. The number of amides is 1. The number of hydrogen-bond acceptors (Lipinski definition) is 5. The standard InChI is InChI=1S/C20H13N3OS2/c21-17-12-6-5-11-22-19(12)26-18(17)20(24)23-13-7-1-3-9-15(13)25-16-10-4-2-8-14(16)23/h1-11H,21H2. The third kappa shape index (κ3) is 2.23. The highest BCUT2D eigenvalue weighted by Crippen LogP contribution is 2.49. The van der Waals surface area contributed by atoms with Crippen LogP contribution in [-0.2, 0) is 0 Å². The van der Waals surface area contributed by atoms with Gasteiger partial charge in [0.05, 0.1) is 17.1 Å². The topological polar surface area (TPSA) is 59.2 Å². The van der Waals surface area contributed by atoms with Crippen molar-refractivity contribution in [1.29, 1.82) is 0 Å².